The molecule has 0 saturated carbocycles. The Morgan fingerprint density at radius 2 is 1.80 bits per heavy atom. The number of benzene rings is 1. The van der Waals surface area contributed by atoms with Gasteiger partial charge in [-0.15, -0.1) is 0 Å². The van der Waals surface area contributed by atoms with Crippen molar-refractivity contribution in [3.05, 3.63) is 29.8 Å². The fourth-order valence-corrected chi connectivity index (χ4v) is 2.05. The van der Waals surface area contributed by atoms with Crippen LogP contribution in [0.5, 0.6) is 0 Å². The van der Waals surface area contributed by atoms with Gasteiger partial charge >= 0.3 is 0 Å². The molecule has 1 fully saturated rings. The number of hydroxylamine groups is 2. The summed E-state index contributed by atoms with van der Waals surface area (Å²) in [6, 6.07) is 8.45. The SMILES string of the molecule is CN(O)Cc1ccc(N2CCCC2)cc1. The fraction of sp³-hybridized carbons (Fsp3) is 0.500. The molecular weight excluding hydrogens is 188 g/mol. The molecule has 1 aromatic carbocycles. The summed E-state index contributed by atoms with van der Waals surface area (Å²) in [6.45, 7) is 2.94. The molecule has 0 amide bonds. The molecule has 82 valence electrons. The Balaban J connectivity index is 2.03. The van der Waals surface area contributed by atoms with E-state index >= 15 is 0 Å². The van der Waals surface area contributed by atoms with Crippen molar-refractivity contribution in [2.75, 3.05) is 25.0 Å². The molecule has 0 aromatic heterocycles. The maximum absolute atomic E-state index is 9.11. The second-order valence-corrected chi connectivity index (χ2v) is 4.18. The van der Waals surface area contributed by atoms with Gasteiger partial charge in [0, 0.05) is 32.4 Å². The zero-order valence-corrected chi connectivity index (χ0v) is 9.19. The monoisotopic (exact) mass is 206 g/mol. The Labute approximate surface area is 90.9 Å². The lowest BCUT2D eigenvalue weighted by atomic mass is 10.2. The quantitative estimate of drug-likeness (QED) is 0.767. The molecule has 1 saturated heterocycles. The molecule has 0 radical (unpaired) electrons. The van der Waals surface area contributed by atoms with E-state index in [1.807, 2.05) is 0 Å². The highest BCUT2D eigenvalue weighted by Gasteiger charge is 2.11. The van der Waals surface area contributed by atoms with Crippen LogP contribution in [0.15, 0.2) is 24.3 Å². The third-order valence-electron chi connectivity index (χ3n) is 2.82. The summed E-state index contributed by atoms with van der Waals surface area (Å²) in [6.07, 6.45) is 2.61. The van der Waals surface area contributed by atoms with Crippen LogP contribution < -0.4 is 4.90 Å². The smallest absolute Gasteiger partial charge is 0.0485 e. The van der Waals surface area contributed by atoms with Crippen molar-refractivity contribution in [1.82, 2.24) is 5.06 Å². The predicted molar refractivity (Wildman–Crippen MR) is 61.1 cm³/mol. The summed E-state index contributed by atoms with van der Waals surface area (Å²) in [7, 11) is 1.66. The second kappa shape index (κ2) is 4.64. The molecule has 1 aliphatic rings. The van der Waals surface area contributed by atoms with Crippen LogP contribution in [0.2, 0.25) is 0 Å². The number of hydrogen-bond acceptors (Lipinski definition) is 3. The van der Waals surface area contributed by atoms with Crippen molar-refractivity contribution in [3.63, 3.8) is 0 Å². The minimum atomic E-state index is 0.584. The zero-order valence-electron chi connectivity index (χ0n) is 9.19. The van der Waals surface area contributed by atoms with Gasteiger partial charge in [0.05, 0.1) is 0 Å². The van der Waals surface area contributed by atoms with Crippen LogP contribution in [0.1, 0.15) is 18.4 Å². The highest BCUT2D eigenvalue weighted by atomic mass is 16.5. The Morgan fingerprint density at radius 1 is 1.20 bits per heavy atom. The average Bonchev–Trinajstić information content (AvgIpc) is 2.71. The minimum absolute atomic E-state index is 0.584. The van der Waals surface area contributed by atoms with Gasteiger partial charge in [0.15, 0.2) is 0 Å². The summed E-state index contributed by atoms with van der Waals surface area (Å²) < 4.78 is 0. The van der Waals surface area contributed by atoms with Gasteiger partial charge < -0.3 is 10.1 Å². The van der Waals surface area contributed by atoms with Crippen molar-refractivity contribution >= 4 is 5.69 Å². The van der Waals surface area contributed by atoms with Crippen LogP contribution in [-0.4, -0.2) is 30.4 Å². The summed E-state index contributed by atoms with van der Waals surface area (Å²) in [5.74, 6) is 0. The van der Waals surface area contributed by atoms with Gasteiger partial charge in [0.25, 0.3) is 0 Å². The van der Waals surface area contributed by atoms with Crippen molar-refractivity contribution in [2.45, 2.75) is 19.4 Å². The molecule has 1 aromatic rings. The molecule has 0 unspecified atom stereocenters. The lowest BCUT2D eigenvalue weighted by Crippen LogP contribution is -2.17. The number of rotatable bonds is 3. The Bertz CT molecular complexity index is 302. The van der Waals surface area contributed by atoms with Gasteiger partial charge in [-0.05, 0) is 30.5 Å². The van der Waals surface area contributed by atoms with Crippen LogP contribution in [0.25, 0.3) is 0 Å². The Hall–Kier alpha value is -1.06. The van der Waals surface area contributed by atoms with E-state index in [-0.39, 0.29) is 0 Å². The van der Waals surface area contributed by atoms with Crippen LogP contribution in [0.4, 0.5) is 5.69 Å². The zero-order chi connectivity index (χ0) is 10.7. The first-order chi connectivity index (χ1) is 7.25. The Morgan fingerprint density at radius 3 is 2.33 bits per heavy atom. The molecule has 1 N–H and O–H groups in total. The highest BCUT2D eigenvalue weighted by molar-refractivity contribution is 5.48. The van der Waals surface area contributed by atoms with Gasteiger partial charge in [-0.1, -0.05) is 12.1 Å². The average molecular weight is 206 g/mol. The maximum atomic E-state index is 9.11. The second-order valence-electron chi connectivity index (χ2n) is 4.18. The predicted octanol–water partition coefficient (Wildman–Crippen LogP) is 2.11. The number of anilines is 1. The molecule has 3 nitrogen and oxygen atoms in total. The van der Waals surface area contributed by atoms with Gasteiger partial charge in [0.1, 0.15) is 0 Å². The molecule has 3 heteroatoms. The first-order valence-electron chi connectivity index (χ1n) is 5.49. The van der Waals surface area contributed by atoms with Crippen molar-refractivity contribution in [3.8, 4) is 0 Å². The first-order valence-corrected chi connectivity index (χ1v) is 5.49. The lowest BCUT2D eigenvalue weighted by Gasteiger charge is -2.18. The van der Waals surface area contributed by atoms with E-state index in [1.165, 1.54) is 36.7 Å². The topological polar surface area (TPSA) is 26.7 Å². The number of nitrogens with zero attached hydrogens (tertiary/aromatic N) is 2. The minimum Gasteiger partial charge on any atom is -0.372 e. The molecule has 1 aliphatic heterocycles. The molecular formula is C12H18N2O. The Kier molecular flexibility index (Phi) is 3.23. The highest BCUT2D eigenvalue weighted by Crippen LogP contribution is 2.20. The van der Waals surface area contributed by atoms with E-state index in [2.05, 4.69) is 29.2 Å². The van der Waals surface area contributed by atoms with Gasteiger partial charge in [-0.25, -0.2) is 0 Å². The molecule has 0 atom stereocenters. The van der Waals surface area contributed by atoms with Crippen LogP contribution in [0, 0.1) is 0 Å². The van der Waals surface area contributed by atoms with E-state index in [4.69, 9.17) is 5.21 Å². The van der Waals surface area contributed by atoms with Crippen LogP contribution >= 0.6 is 0 Å². The third-order valence-corrected chi connectivity index (χ3v) is 2.82. The molecule has 0 aliphatic carbocycles. The van der Waals surface area contributed by atoms with Crippen LogP contribution in [-0.2, 0) is 6.54 Å². The maximum Gasteiger partial charge on any atom is 0.0485 e. The van der Waals surface area contributed by atoms with E-state index in [1.54, 1.807) is 7.05 Å². The summed E-state index contributed by atoms with van der Waals surface area (Å²) in [5, 5.41) is 10.3. The normalized spacial score (nSPS) is 16.3. The van der Waals surface area contributed by atoms with Crippen molar-refractivity contribution in [1.29, 1.82) is 0 Å². The summed E-state index contributed by atoms with van der Waals surface area (Å²) in [5.41, 5.74) is 2.44. The number of hydrogen-bond donors (Lipinski definition) is 1. The first kappa shape index (κ1) is 10.5. The van der Waals surface area contributed by atoms with E-state index in [0.29, 0.717) is 6.54 Å². The van der Waals surface area contributed by atoms with E-state index in [9.17, 15) is 0 Å². The molecule has 0 spiro atoms. The van der Waals surface area contributed by atoms with Crippen molar-refractivity contribution < 1.29 is 5.21 Å². The van der Waals surface area contributed by atoms with Gasteiger partial charge in [-0.2, -0.15) is 5.06 Å². The van der Waals surface area contributed by atoms with Crippen molar-refractivity contribution in [2.24, 2.45) is 0 Å². The molecule has 15 heavy (non-hydrogen) atoms. The van der Waals surface area contributed by atoms with Gasteiger partial charge in [0.2, 0.25) is 0 Å². The summed E-state index contributed by atoms with van der Waals surface area (Å²) >= 11 is 0. The molecule has 0 bridgehead atoms. The standard InChI is InChI=1S/C12H18N2O/c1-13(15)10-11-4-6-12(7-5-11)14-8-2-3-9-14/h4-7,15H,2-3,8-10H2,1H3. The fourth-order valence-electron chi connectivity index (χ4n) is 2.05. The van der Waals surface area contributed by atoms with E-state index < -0.39 is 0 Å². The van der Waals surface area contributed by atoms with E-state index in [0.717, 1.165) is 5.56 Å². The lowest BCUT2D eigenvalue weighted by molar-refractivity contribution is -0.0731. The molecule has 2 rings (SSSR count). The summed E-state index contributed by atoms with van der Waals surface area (Å²) in [4.78, 5) is 2.41. The van der Waals surface area contributed by atoms with Crippen LogP contribution in [0.3, 0.4) is 0 Å². The largest absolute Gasteiger partial charge is 0.372 e. The van der Waals surface area contributed by atoms with Gasteiger partial charge in [-0.3, -0.25) is 0 Å². The third kappa shape index (κ3) is 2.70. The molecule has 1 heterocycles.